The summed E-state index contributed by atoms with van der Waals surface area (Å²) in [6.07, 6.45) is 0. The Kier molecular flexibility index (Phi) is 2.03. The molecule has 1 heteroatoms. The Balaban J connectivity index is 2.37. The molecular formula is C15H11O. The lowest BCUT2D eigenvalue weighted by Crippen LogP contribution is -1.82. The van der Waals surface area contributed by atoms with Gasteiger partial charge in [0.1, 0.15) is 5.75 Å². The second kappa shape index (κ2) is 3.53. The summed E-state index contributed by atoms with van der Waals surface area (Å²) < 4.78 is 5.21. The molecule has 0 aromatic heterocycles. The van der Waals surface area contributed by atoms with Crippen LogP contribution in [0, 0.1) is 6.07 Å². The van der Waals surface area contributed by atoms with Crippen LogP contribution in [0.3, 0.4) is 0 Å². The summed E-state index contributed by atoms with van der Waals surface area (Å²) in [5.74, 6) is 0.874. The van der Waals surface area contributed by atoms with E-state index in [1.54, 1.807) is 7.11 Å². The van der Waals surface area contributed by atoms with Crippen LogP contribution in [-0.4, -0.2) is 7.11 Å². The smallest absolute Gasteiger partial charge is 0.119 e. The van der Waals surface area contributed by atoms with E-state index < -0.39 is 0 Å². The van der Waals surface area contributed by atoms with Crippen LogP contribution in [-0.2, 0) is 0 Å². The van der Waals surface area contributed by atoms with Crippen LogP contribution in [0.5, 0.6) is 5.75 Å². The Hall–Kier alpha value is -2.02. The molecule has 0 fully saturated rings. The molecule has 0 atom stereocenters. The Morgan fingerprint density at radius 3 is 2.56 bits per heavy atom. The quantitative estimate of drug-likeness (QED) is 0.551. The maximum atomic E-state index is 5.21. The van der Waals surface area contributed by atoms with Crippen LogP contribution in [0.25, 0.3) is 21.5 Å². The fourth-order valence-corrected chi connectivity index (χ4v) is 1.95. The molecule has 77 valence electrons. The zero-order valence-electron chi connectivity index (χ0n) is 9.03. The molecule has 3 rings (SSSR count). The zero-order chi connectivity index (χ0) is 11.0. The van der Waals surface area contributed by atoms with Crippen LogP contribution >= 0.6 is 0 Å². The Morgan fingerprint density at radius 2 is 1.69 bits per heavy atom. The Bertz CT molecular complexity index is 656. The SMILES string of the molecule is COc1ccc2cc3ccccc3[c]c2c1. The molecule has 0 N–H and O–H groups in total. The van der Waals surface area contributed by atoms with E-state index in [4.69, 9.17) is 4.74 Å². The molecule has 0 aliphatic carbocycles. The van der Waals surface area contributed by atoms with Crippen LogP contribution in [0.2, 0.25) is 0 Å². The van der Waals surface area contributed by atoms with Gasteiger partial charge in [0.2, 0.25) is 0 Å². The molecule has 0 amide bonds. The second-order valence-corrected chi connectivity index (χ2v) is 3.81. The van der Waals surface area contributed by atoms with E-state index in [2.05, 4.69) is 30.3 Å². The van der Waals surface area contributed by atoms with Crippen molar-refractivity contribution >= 4 is 21.5 Å². The number of hydrogen-bond donors (Lipinski definition) is 0. The van der Waals surface area contributed by atoms with E-state index in [1.165, 1.54) is 10.8 Å². The van der Waals surface area contributed by atoms with Crippen molar-refractivity contribution in [2.24, 2.45) is 0 Å². The number of rotatable bonds is 1. The average molecular weight is 207 g/mol. The van der Waals surface area contributed by atoms with Gasteiger partial charge in [0.05, 0.1) is 7.11 Å². The number of fused-ring (bicyclic) bond motifs is 2. The van der Waals surface area contributed by atoms with Crippen molar-refractivity contribution in [2.45, 2.75) is 0 Å². The first-order chi connectivity index (χ1) is 7.86. The molecule has 3 aromatic rings. The first-order valence-electron chi connectivity index (χ1n) is 5.26. The summed E-state index contributed by atoms with van der Waals surface area (Å²) in [4.78, 5) is 0. The molecule has 0 saturated heterocycles. The van der Waals surface area contributed by atoms with Gasteiger partial charge in [-0.15, -0.1) is 0 Å². The van der Waals surface area contributed by atoms with Gasteiger partial charge in [0.15, 0.2) is 0 Å². The highest BCUT2D eigenvalue weighted by molar-refractivity contribution is 5.97. The molecule has 16 heavy (non-hydrogen) atoms. The van der Waals surface area contributed by atoms with Crippen molar-refractivity contribution in [3.63, 3.8) is 0 Å². The van der Waals surface area contributed by atoms with Gasteiger partial charge in [-0.05, 0) is 45.8 Å². The predicted molar refractivity (Wildman–Crippen MR) is 66.8 cm³/mol. The normalized spacial score (nSPS) is 10.8. The van der Waals surface area contributed by atoms with Gasteiger partial charge in [-0.25, -0.2) is 0 Å². The summed E-state index contributed by atoms with van der Waals surface area (Å²) >= 11 is 0. The second-order valence-electron chi connectivity index (χ2n) is 3.81. The van der Waals surface area contributed by atoms with Crippen molar-refractivity contribution in [2.75, 3.05) is 7.11 Å². The predicted octanol–water partition coefficient (Wildman–Crippen LogP) is 3.80. The van der Waals surface area contributed by atoms with E-state index in [-0.39, 0.29) is 0 Å². The van der Waals surface area contributed by atoms with E-state index in [0.717, 1.165) is 16.5 Å². The number of benzene rings is 3. The maximum Gasteiger partial charge on any atom is 0.119 e. The molecule has 0 spiro atoms. The first-order valence-corrected chi connectivity index (χ1v) is 5.26. The lowest BCUT2D eigenvalue weighted by molar-refractivity contribution is 0.415. The Labute approximate surface area is 94.3 Å². The van der Waals surface area contributed by atoms with E-state index >= 15 is 0 Å². The molecule has 0 heterocycles. The Morgan fingerprint density at radius 1 is 0.875 bits per heavy atom. The van der Waals surface area contributed by atoms with Crippen molar-refractivity contribution in [3.8, 4) is 5.75 Å². The highest BCUT2D eigenvalue weighted by Gasteiger charge is 1.99. The largest absolute Gasteiger partial charge is 0.497 e. The van der Waals surface area contributed by atoms with Crippen LogP contribution in [0.1, 0.15) is 0 Å². The van der Waals surface area contributed by atoms with Gasteiger partial charge in [-0.3, -0.25) is 0 Å². The molecule has 3 aromatic carbocycles. The molecule has 0 unspecified atom stereocenters. The topological polar surface area (TPSA) is 9.23 Å². The van der Waals surface area contributed by atoms with Crippen molar-refractivity contribution in [1.82, 2.24) is 0 Å². The third kappa shape index (κ3) is 1.41. The minimum Gasteiger partial charge on any atom is -0.497 e. The fraction of sp³-hybridized carbons (Fsp3) is 0.0667. The molecule has 0 aliphatic heterocycles. The van der Waals surface area contributed by atoms with Crippen molar-refractivity contribution in [1.29, 1.82) is 0 Å². The van der Waals surface area contributed by atoms with Crippen LogP contribution < -0.4 is 4.74 Å². The first kappa shape index (κ1) is 9.22. The average Bonchev–Trinajstić information content (AvgIpc) is 2.35. The van der Waals surface area contributed by atoms with Gasteiger partial charge in [-0.1, -0.05) is 30.3 Å². The highest BCUT2D eigenvalue weighted by Crippen LogP contribution is 2.25. The monoisotopic (exact) mass is 207 g/mol. The third-order valence-corrected chi connectivity index (χ3v) is 2.80. The number of hydrogen-bond acceptors (Lipinski definition) is 1. The lowest BCUT2D eigenvalue weighted by atomic mass is 10.0. The van der Waals surface area contributed by atoms with E-state index in [1.807, 2.05) is 24.3 Å². The van der Waals surface area contributed by atoms with E-state index in [0.29, 0.717) is 0 Å². The molecule has 1 nitrogen and oxygen atoms in total. The summed E-state index contributed by atoms with van der Waals surface area (Å²) in [5, 5.41) is 4.65. The molecule has 0 saturated carbocycles. The fourth-order valence-electron chi connectivity index (χ4n) is 1.95. The lowest BCUT2D eigenvalue weighted by Gasteiger charge is -2.04. The van der Waals surface area contributed by atoms with Gasteiger partial charge >= 0.3 is 0 Å². The standard InChI is InChI=1S/C15H11O/c1-16-15-7-6-13-8-11-4-2-3-5-12(11)9-14(13)10-15/h2-8,10H,1H3. The van der Waals surface area contributed by atoms with Gasteiger partial charge < -0.3 is 4.74 Å². The number of ether oxygens (including phenoxy) is 1. The van der Waals surface area contributed by atoms with Crippen molar-refractivity contribution in [3.05, 3.63) is 54.6 Å². The highest BCUT2D eigenvalue weighted by atomic mass is 16.5. The zero-order valence-corrected chi connectivity index (χ0v) is 9.03. The van der Waals surface area contributed by atoms with Gasteiger partial charge in [-0.2, -0.15) is 0 Å². The molecular weight excluding hydrogens is 196 g/mol. The molecule has 1 radical (unpaired) electrons. The van der Waals surface area contributed by atoms with Crippen LogP contribution in [0.4, 0.5) is 0 Å². The molecule has 0 aliphatic rings. The van der Waals surface area contributed by atoms with Crippen LogP contribution in [0.15, 0.2) is 48.5 Å². The van der Waals surface area contributed by atoms with Gasteiger partial charge in [0.25, 0.3) is 0 Å². The van der Waals surface area contributed by atoms with E-state index in [9.17, 15) is 0 Å². The van der Waals surface area contributed by atoms with Crippen molar-refractivity contribution < 1.29 is 4.74 Å². The maximum absolute atomic E-state index is 5.21. The molecule has 0 bridgehead atoms. The number of methoxy groups -OCH3 is 1. The summed E-state index contributed by atoms with van der Waals surface area (Å²) in [7, 11) is 1.68. The minimum atomic E-state index is 0.874. The minimum absolute atomic E-state index is 0.874. The summed E-state index contributed by atoms with van der Waals surface area (Å²) in [6, 6.07) is 19.9. The third-order valence-electron chi connectivity index (χ3n) is 2.80. The summed E-state index contributed by atoms with van der Waals surface area (Å²) in [6.45, 7) is 0. The van der Waals surface area contributed by atoms with Gasteiger partial charge in [0, 0.05) is 0 Å². The summed E-state index contributed by atoms with van der Waals surface area (Å²) in [5.41, 5.74) is 0.